The predicted molar refractivity (Wildman–Crippen MR) is 75.7 cm³/mol. The maximum Gasteiger partial charge on any atom is 0.221 e. The van der Waals surface area contributed by atoms with Gasteiger partial charge in [-0.3, -0.25) is 9.59 Å². The Hall–Kier alpha value is -1.88. The molecule has 104 valence electrons. The number of rotatable bonds is 6. The van der Waals surface area contributed by atoms with Crippen molar-refractivity contribution < 1.29 is 9.59 Å². The smallest absolute Gasteiger partial charge is 0.221 e. The Bertz CT molecular complexity index is 427. The molecule has 2 amide bonds. The van der Waals surface area contributed by atoms with Crippen molar-refractivity contribution in [3.8, 4) is 0 Å². The number of carbonyl (C=O) groups excluding carboxylic acids is 2. The van der Waals surface area contributed by atoms with E-state index in [-0.39, 0.29) is 17.9 Å². The summed E-state index contributed by atoms with van der Waals surface area (Å²) in [5.41, 5.74) is 7.42. The standard InChI is InChI=1S/C14H21N3O2/c1-10(15)9-14(19)16-8-7-12-3-5-13(6-4-12)17-11(2)18/h3-6,10H,7-9,15H2,1-2H3,(H,16,19)(H,17,18). The highest BCUT2D eigenvalue weighted by Gasteiger charge is 2.04. The van der Waals surface area contributed by atoms with Crippen molar-refractivity contribution in [3.05, 3.63) is 29.8 Å². The minimum absolute atomic E-state index is 0.0233. The first-order valence-corrected chi connectivity index (χ1v) is 6.36. The van der Waals surface area contributed by atoms with Gasteiger partial charge in [0.1, 0.15) is 0 Å². The minimum Gasteiger partial charge on any atom is -0.356 e. The number of benzene rings is 1. The SMILES string of the molecule is CC(=O)Nc1ccc(CCNC(=O)CC(C)N)cc1. The van der Waals surface area contributed by atoms with Gasteiger partial charge in [0.25, 0.3) is 0 Å². The van der Waals surface area contributed by atoms with E-state index in [1.165, 1.54) is 6.92 Å². The number of hydrogen-bond acceptors (Lipinski definition) is 3. The van der Waals surface area contributed by atoms with Gasteiger partial charge in [0.05, 0.1) is 0 Å². The van der Waals surface area contributed by atoms with Gasteiger partial charge in [-0.05, 0) is 31.0 Å². The molecule has 5 heteroatoms. The van der Waals surface area contributed by atoms with Crippen LogP contribution in [0, 0.1) is 0 Å². The van der Waals surface area contributed by atoms with E-state index in [1.54, 1.807) is 6.92 Å². The van der Waals surface area contributed by atoms with Crippen LogP contribution in [-0.4, -0.2) is 24.4 Å². The molecule has 1 aromatic carbocycles. The van der Waals surface area contributed by atoms with Crippen LogP contribution in [0.4, 0.5) is 5.69 Å². The van der Waals surface area contributed by atoms with Crippen LogP contribution in [0.25, 0.3) is 0 Å². The molecule has 0 bridgehead atoms. The molecule has 0 fully saturated rings. The second kappa shape index (κ2) is 7.53. The van der Waals surface area contributed by atoms with Gasteiger partial charge in [-0.15, -0.1) is 0 Å². The molecule has 0 heterocycles. The summed E-state index contributed by atoms with van der Waals surface area (Å²) in [6.45, 7) is 3.87. The largest absolute Gasteiger partial charge is 0.356 e. The number of carbonyl (C=O) groups is 2. The Morgan fingerprint density at radius 1 is 1.26 bits per heavy atom. The summed E-state index contributed by atoms with van der Waals surface area (Å²) < 4.78 is 0. The molecule has 1 aromatic rings. The molecule has 1 unspecified atom stereocenters. The fraction of sp³-hybridized carbons (Fsp3) is 0.429. The Morgan fingerprint density at radius 3 is 2.42 bits per heavy atom. The van der Waals surface area contributed by atoms with E-state index in [1.807, 2.05) is 24.3 Å². The molecule has 5 nitrogen and oxygen atoms in total. The molecule has 0 spiro atoms. The fourth-order valence-corrected chi connectivity index (χ4v) is 1.67. The number of amides is 2. The number of hydrogen-bond donors (Lipinski definition) is 3. The van der Waals surface area contributed by atoms with Gasteiger partial charge >= 0.3 is 0 Å². The lowest BCUT2D eigenvalue weighted by Crippen LogP contribution is -2.31. The van der Waals surface area contributed by atoms with Crippen LogP contribution < -0.4 is 16.4 Å². The maximum absolute atomic E-state index is 11.4. The van der Waals surface area contributed by atoms with E-state index in [0.29, 0.717) is 13.0 Å². The molecule has 0 aliphatic heterocycles. The van der Waals surface area contributed by atoms with Gasteiger partial charge in [0.2, 0.25) is 11.8 Å². The van der Waals surface area contributed by atoms with Gasteiger partial charge in [-0.1, -0.05) is 12.1 Å². The van der Waals surface area contributed by atoms with Crippen molar-refractivity contribution in [1.29, 1.82) is 0 Å². The lowest BCUT2D eigenvalue weighted by Gasteiger charge is -2.08. The second-order valence-electron chi connectivity index (χ2n) is 4.66. The quantitative estimate of drug-likeness (QED) is 0.717. The van der Waals surface area contributed by atoms with Gasteiger partial charge in [0, 0.05) is 31.6 Å². The highest BCUT2D eigenvalue weighted by atomic mass is 16.2. The first-order chi connectivity index (χ1) is 8.97. The molecule has 0 aliphatic rings. The highest BCUT2D eigenvalue weighted by molar-refractivity contribution is 5.88. The number of nitrogens with two attached hydrogens (primary N) is 1. The van der Waals surface area contributed by atoms with Crippen LogP contribution >= 0.6 is 0 Å². The summed E-state index contributed by atoms with van der Waals surface area (Å²) in [7, 11) is 0. The van der Waals surface area contributed by atoms with E-state index in [9.17, 15) is 9.59 Å². The molecular formula is C14H21N3O2. The Morgan fingerprint density at radius 2 is 1.89 bits per heavy atom. The number of nitrogens with one attached hydrogen (secondary N) is 2. The molecule has 1 atom stereocenters. The van der Waals surface area contributed by atoms with Crippen LogP contribution in [0.3, 0.4) is 0 Å². The van der Waals surface area contributed by atoms with Gasteiger partial charge in [-0.25, -0.2) is 0 Å². The average Bonchev–Trinajstić information content (AvgIpc) is 2.29. The van der Waals surface area contributed by atoms with E-state index in [0.717, 1.165) is 17.7 Å². The second-order valence-corrected chi connectivity index (χ2v) is 4.66. The Kier molecular flexibility index (Phi) is 6.02. The van der Waals surface area contributed by atoms with Crippen molar-refractivity contribution in [2.75, 3.05) is 11.9 Å². The zero-order valence-corrected chi connectivity index (χ0v) is 11.4. The van der Waals surface area contributed by atoms with E-state index in [4.69, 9.17) is 5.73 Å². The third-order valence-electron chi connectivity index (χ3n) is 2.52. The van der Waals surface area contributed by atoms with Crippen LogP contribution in [-0.2, 0) is 16.0 Å². The monoisotopic (exact) mass is 263 g/mol. The van der Waals surface area contributed by atoms with Gasteiger partial charge < -0.3 is 16.4 Å². The summed E-state index contributed by atoms with van der Waals surface area (Å²) in [4.78, 5) is 22.2. The van der Waals surface area contributed by atoms with Crippen LogP contribution in [0.5, 0.6) is 0 Å². The van der Waals surface area contributed by atoms with Crippen molar-refractivity contribution in [2.45, 2.75) is 32.7 Å². The third kappa shape index (κ3) is 6.57. The number of anilines is 1. The predicted octanol–water partition coefficient (Wildman–Crippen LogP) is 1.04. The van der Waals surface area contributed by atoms with Crippen molar-refractivity contribution >= 4 is 17.5 Å². The molecule has 0 radical (unpaired) electrons. The summed E-state index contributed by atoms with van der Waals surface area (Å²) in [6, 6.07) is 7.45. The Labute approximate surface area is 113 Å². The lowest BCUT2D eigenvalue weighted by atomic mass is 10.1. The molecule has 4 N–H and O–H groups in total. The molecule has 1 rings (SSSR count). The Balaban J connectivity index is 2.34. The molecular weight excluding hydrogens is 242 g/mol. The van der Waals surface area contributed by atoms with Crippen molar-refractivity contribution in [1.82, 2.24) is 5.32 Å². The topological polar surface area (TPSA) is 84.2 Å². The molecule has 0 aliphatic carbocycles. The lowest BCUT2D eigenvalue weighted by molar-refractivity contribution is -0.121. The van der Waals surface area contributed by atoms with Crippen molar-refractivity contribution in [3.63, 3.8) is 0 Å². The highest BCUT2D eigenvalue weighted by Crippen LogP contribution is 2.09. The van der Waals surface area contributed by atoms with E-state index >= 15 is 0 Å². The van der Waals surface area contributed by atoms with Crippen LogP contribution in [0.1, 0.15) is 25.8 Å². The summed E-state index contributed by atoms with van der Waals surface area (Å²) in [5, 5.41) is 5.53. The minimum atomic E-state index is -0.114. The first-order valence-electron chi connectivity index (χ1n) is 6.36. The summed E-state index contributed by atoms with van der Waals surface area (Å²) in [6.07, 6.45) is 1.10. The van der Waals surface area contributed by atoms with E-state index < -0.39 is 0 Å². The molecule has 0 saturated carbocycles. The third-order valence-corrected chi connectivity index (χ3v) is 2.52. The van der Waals surface area contributed by atoms with Gasteiger partial charge in [0.15, 0.2) is 0 Å². The fourth-order valence-electron chi connectivity index (χ4n) is 1.67. The van der Waals surface area contributed by atoms with E-state index in [2.05, 4.69) is 10.6 Å². The van der Waals surface area contributed by atoms with Gasteiger partial charge in [-0.2, -0.15) is 0 Å². The molecule has 0 saturated heterocycles. The molecule has 0 aromatic heterocycles. The zero-order valence-electron chi connectivity index (χ0n) is 11.4. The summed E-state index contributed by atoms with van der Waals surface area (Å²) >= 11 is 0. The summed E-state index contributed by atoms with van der Waals surface area (Å²) in [5.74, 6) is -0.110. The first kappa shape index (κ1) is 15.2. The zero-order chi connectivity index (χ0) is 14.3. The maximum atomic E-state index is 11.4. The normalized spacial score (nSPS) is 11.7. The van der Waals surface area contributed by atoms with Crippen LogP contribution in [0.15, 0.2) is 24.3 Å². The average molecular weight is 263 g/mol. The molecule has 19 heavy (non-hydrogen) atoms. The van der Waals surface area contributed by atoms with Crippen LogP contribution in [0.2, 0.25) is 0 Å². The van der Waals surface area contributed by atoms with Crippen molar-refractivity contribution in [2.24, 2.45) is 5.73 Å².